The lowest BCUT2D eigenvalue weighted by Gasteiger charge is -2.29. The molecule has 3 atom stereocenters. The Hall–Kier alpha value is -0.860. The van der Waals surface area contributed by atoms with Gasteiger partial charge in [0, 0.05) is 18.6 Å². The van der Waals surface area contributed by atoms with Gasteiger partial charge in [-0.25, -0.2) is 0 Å². The van der Waals surface area contributed by atoms with Gasteiger partial charge >= 0.3 is 0 Å². The molecule has 3 rings (SSSR count). The van der Waals surface area contributed by atoms with Crippen molar-refractivity contribution in [3.63, 3.8) is 0 Å². The SMILES string of the molecule is CC1CCC(NCC(c2ccccc2)N2CCCC2)C1. The van der Waals surface area contributed by atoms with Crippen molar-refractivity contribution >= 4 is 0 Å². The Balaban J connectivity index is 1.63. The molecule has 0 aromatic heterocycles. The van der Waals surface area contributed by atoms with E-state index in [1.807, 2.05) is 0 Å². The zero-order valence-electron chi connectivity index (χ0n) is 12.7. The molecule has 20 heavy (non-hydrogen) atoms. The van der Waals surface area contributed by atoms with Crippen molar-refractivity contribution in [1.29, 1.82) is 0 Å². The molecule has 1 saturated heterocycles. The monoisotopic (exact) mass is 272 g/mol. The molecular weight excluding hydrogens is 244 g/mol. The molecule has 1 heterocycles. The molecule has 0 spiro atoms. The van der Waals surface area contributed by atoms with E-state index in [0.29, 0.717) is 6.04 Å². The minimum Gasteiger partial charge on any atom is -0.312 e. The van der Waals surface area contributed by atoms with E-state index in [-0.39, 0.29) is 0 Å². The van der Waals surface area contributed by atoms with Crippen LogP contribution in [0.3, 0.4) is 0 Å². The smallest absolute Gasteiger partial charge is 0.0472 e. The van der Waals surface area contributed by atoms with Crippen LogP contribution < -0.4 is 5.32 Å². The largest absolute Gasteiger partial charge is 0.312 e. The van der Waals surface area contributed by atoms with Gasteiger partial charge in [0.1, 0.15) is 0 Å². The topological polar surface area (TPSA) is 15.3 Å². The Labute approximate surface area is 123 Å². The van der Waals surface area contributed by atoms with Crippen LogP contribution in [0.4, 0.5) is 0 Å². The molecule has 0 radical (unpaired) electrons. The molecular formula is C18H28N2. The highest BCUT2D eigenvalue weighted by Crippen LogP contribution is 2.27. The van der Waals surface area contributed by atoms with Gasteiger partial charge in [-0.1, -0.05) is 37.3 Å². The molecule has 2 fully saturated rings. The summed E-state index contributed by atoms with van der Waals surface area (Å²) in [6.07, 6.45) is 6.86. The van der Waals surface area contributed by atoms with E-state index in [4.69, 9.17) is 0 Å². The average Bonchev–Trinajstić information content (AvgIpc) is 3.12. The van der Waals surface area contributed by atoms with Crippen molar-refractivity contribution in [2.24, 2.45) is 5.92 Å². The Kier molecular flexibility index (Phi) is 4.74. The maximum Gasteiger partial charge on any atom is 0.0472 e. The van der Waals surface area contributed by atoms with Gasteiger partial charge in [-0.15, -0.1) is 0 Å². The molecule has 0 amide bonds. The van der Waals surface area contributed by atoms with Gasteiger partial charge in [-0.3, -0.25) is 4.90 Å². The number of nitrogens with zero attached hydrogens (tertiary/aromatic N) is 1. The first-order valence-electron chi connectivity index (χ1n) is 8.35. The van der Waals surface area contributed by atoms with Crippen molar-refractivity contribution in [2.75, 3.05) is 19.6 Å². The third kappa shape index (κ3) is 3.42. The first-order valence-corrected chi connectivity index (χ1v) is 8.35. The van der Waals surface area contributed by atoms with Gasteiger partial charge in [0.15, 0.2) is 0 Å². The molecule has 110 valence electrons. The lowest BCUT2D eigenvalue weighted by Crippen LogP contribution is -2.38. The fourth-order valence-electron chi connectivity index (χ4n) is 3.86. The van der Waals surface area contributed by atoms with Crippen molar-refractivity contribution < 1.29 is 0 Å². The Morgan fingerprint density at radius 2 is 1.90 bits per heavy atom. The van der Waals surface area contributed by atoms with Gasteiger partial charge in [-0.05, 0) is 56.7 Å². The standard InChI is InChI=1S/C18H28N2/c1-15-9-10-17(13-15)19-14-18(20-11-5-6-12-20)16-7-3-2-4-8-16/h2-4,7-8,15,17-19H,5-6,9-14H2,1H3. The second kappa shape index (κ2) is 6.73. The summed E-state index contributed by atoms with van der Waals surface area (Å²) < 4.78 is 0. The van der Waals surface area contributed by atoms with E-state index in [9.17, 15) is 0 Å². The Morgan fingerprint density at radius 3 is 2.55 bits per heavy atom. The van der Waals surface area contributed by atoms with E-state index in [1.165, 1.54) is 50.8 Å². The van der Waals surface area contributed by atoms with Crippen LogP contribution in [-0.2, 0) is 0 Å². The van der Waals surface area contributed by atoms with Gasteiger partial charge in [0.05, 0.1) is 0 Å². The number of likely N-dealkylation sites (tertiary alicyclic amines) is 1. The molecule has 1 aliphatic heterocycles. The summed E-state index contributed by atoms with van der Waals surface area (Å²) in [4.78, 5) is 2.67. The summed E-state index contributed by atoms with van der Waals surface area (Å²) >= 11 is 0. The highest BCUT2D eigenvalue weighted by Gasteiger charge is 2.26. The van der Waals surface area contributed by atoms with Crippen LogP contribution in [0, 0.1) is 5.92 Å². The van der Waals surface area contributed by atoms with Crippen molar-refractivity contribution in [3.05, 3.63) is 35.9 Å². The summed E-state index contributed by atoms with van der Waals surface area (Å²) in [5, 5.41) is 3.85. The molecule has 2 nitrogen and oxygen atoms in total. The first-order chi connectivity index (χ1) is 9.83. The van der Waals surface area contributed by atoms with Gasteiger partial charge in [0.2, 0.25) is 0 Å². The zero-order valence-corrected chi connectivity index (χ0v) is 12.7. The average molecular weight is 272 g/mol. The van der Waals surface area contributed by atoms with Crippen LogP contribution in [0.25, 0.3) is 0 Å². The lowest BCUT2D eigenvalue weighted by molar-refractivity contribution is 0.232. The van der Waals surface area contributed by atoms with E-state index >= 15 is 0 Å². The van der Waals surface area contributed by atoms with E-state index in [2.05, 4.69) is 47.5 Å². The van der Waals surface area contributed by atoms with Crippen LogP contribution >= 0.6 is 0 Å². The van der Waals surface area contributed by atoms with E-state index < -0.39 is 0 Å². The third-order valence-electron chi connectivity index (χ3n) is 5.06. The molecule has 1 aliphatic carbocycles. The van der Waals surface area contributed by atoms with Gasteiger partial charge in [0.25, 0.3) is 0 Å². The van der Waals surface area contributed by atoms with Crippen LogP contribution in [0.5, 0.6) is 0 Å². The van der Waals surface area contributed by atoms with Crippen molar-refractivity contribution in [2.45, 2.75) is 51.1 Å². The van der Waals surface area contributed by atoms with Crippen LogP contribution in [0.2, 0.25) is 0 Å². The predicted molar refractivity (Wildman–Crippen MR) is 84.8 cm³/mol. The number of rotatable bonds is 5. The zero-order chi connectivity index (χ0) is 13.8. The van der Waals surface area contributed by atoms with Gasteiger partial charge < -0.3 is 5.32 Å². The molecule has 0 bridgehead atoms. The molecule has 1 aromatic carbocycles. The summed E-state index contributed by atoms with van der Waals surface area (Å²) in [6, 6.07) is 12.4. The van der Waals surface area contributed by atoms with Crippen molar-refractivity contribution in [1.82, 2.24) is 10.2 Å². The summed E-state index contributed by atoms with van der Waals surface area (Å²) in [5.41, 5.74) is 1.48. The number of benzene rings is 1. The lowest BCUT2D eigenvalue weighted by atomic mass is 10.0. The highest BCUT2D eigenvalue weighted by molar-refractivity contribution is 5.19. The Morgan fingerprint density at radius 1 is 1.15 bits per heavy atom. The second-order valence-electron chi connectivity index (χ2n) is 6.69. The summed E-state index contributed by atoms with van der Waals surface area (Å²) in [5.74, 6) is 0.912. The summed E-state index contributed by atoms with van der Waals surface area (Å²) in [7, 11) is 0. The maximum atomic E-state index is 3.85. The number of nitrogens with one attached hydrogen (secondary N) is 1. The molecule has 1 aromatic rings. The fourth-order valence-corrected chi connectivity index (χ4v) is 3.86. The normalized spacial score (nSPS) is 28.9. The third-order valence-corrected chi connectivity index (χ3v) is 5.06. The molecule has 3 unspecified atom stereocenters. The fraction of sp³-hybridized carbons (Fsp3) is 0.667. The number of hydrogen-bond acceptors (Lipinski definition) is 2. The second-order valence-corrected chi connectivity index (χ2v) is 6.69. The minimum absolute atomic E-state index is 0.564. The van der Waals surface area contributed by atoms with Crippen LogP contribution in [0.15, 0.2) is 30.3 Å². The summed E-state index contributed by atoms with van der Waals surface area (Å²) in [6.45, 7) is 6.03. The van der Waals surface area contributed by atoms with Gasteiger partial charge in [-0.2, -0.15) is 0 Å². The molecule has 2 aliphatic rings. The van der Waals surface area contributed by atoms with Crippen LogP contribution in [0.1, 0.15) is 50.6 Å². The first kappa shape index (κ1) is 14.1. The van der Waals surface area contributed by atoms with E-state index in [1.54, 1.807) is 0 Å². The molecule has 1 N–H and O–H groups in total. The quantitative estimate of drug-likeness (QED) is 0.881. The molecule has 2 heteroatoms. The maximum absolute atomic E-state index is 3.85. The minimum atomic E-state index is 0.564. The highest BCUT2D eigenvalue weighted by atomic mass is 15.2. The van der Waals surface area contributed by atoms with E-state index in [0.717, 1.165) is 18.5 Å². The predicted octanol–water partition coefficient (Wildman–Crippen LogP) is 3.60. The van der Waals surface area contributed by atoms with Crippen LogP contribution in [-0.4, -0.2) is 30.6 Å². The Bertz CT molecular complexity index is 397. The number of hydrogen-bond donors (Lipinski definition) is 1. The van der Waals surface area contributed by atoms with Crippen molar-refractivity contribution in [3.8, 4) is 0 Å². The molecule has 1 saturated carbocycles.